The van der Waals surface area contributed by atoms with E-state index in [9.17, 15) is 13.2 Å². The Morgan fingerprint density at radius 2 is 2.06 bits per heavy atom. The Morgan fingerprint density at radius 3 is 2.56 bits per heavy atom. The summed E-state index contributed by atoms with van der Waals surface area (Å²) in [4.78, 5) is 0. The third-order valence-electron chi connectivity index (χ3n) is 1.95. The number of nitrogens with one attached hydrogen (secondary N) is 1. The van der Waals surface area contributed by atoms with Crippen LogP contribution in [0.1, 0.15) is 11.1 Å². The molecule has 1 rings (SSSR count). The number of thioether (sulfide) groups is 1. The van der Waals surface area contributed by atoms with Crippen LogP contribution in [-0.4, -0.2) is 11.3 Å². The van der Waals surface area contributed by atoms with Gasteiger partial charge >= 0.3 is 6.18 Å². The largest absolute Gasteiger partial charge is 0.417 e. The summed E-state index contributed by atoms with van der Waals surface area (Å²) >= 11 is 6.68. The molecule has 1 nitrogen and oxygen atoms in total. The minimum atomic E-state index is -4.45. The molecular formula is C10H9ClF3NS. The predicted octanol–water partition coefficient (Wildman–Crippen LogP) is 4.24. The third kappa shape index (κ3) is 3.42. The van der Waals surface area contributed by atoms with Gasteiger partial charge in [-0.25, -0.2) is 0 Å². The molecule has 0 saturated carbocycles. The molecule has 0 atom stereocenters. The van der Waals surface area contributed by atoms with Crippen molar-refractivity contribution in [1.29, 1.82) is 5.41 Å². The van der Waals surface area contributed by atoms with Crippen molar-refractivity contribution >= 4 is 28.4 Å². The summed E-state index contributed by atoms with van der Waals surface area (Å²) in [6, 6.07) is 3.71. The van der Waals surface area contributed by atoms with Crippen LogP contribution in [0.5, 0.6) is 0 Å². The number of hydrogen-bond donors (Lipinski definition) is 1. The van der Waals surface area contributed by atoms with E-state index in [2.05, 4.69) is 0 Å². The second kappa shape index (κ2) is 5.10. The van der Waals surface area contributed by atoms with Crippen LogP contribution in [0.3, 0.4) is 0 Å². The van der Waals surface area contributed by atoms with Gasteiger partial charge in [-0.3, -0.25) is 5.41 Å². The molecule has 1 aromatic carbocycles. The Hall–Kier alpha value is -0.680. The van der Waals surface area contributed by atoms with Crippen LogP contribution >= 0.6 is 23.4 Å². The van der Waals surface area contributed by atoms with E-state index in [4.69, 9.17) is 17.0 Å². The zero-order valence-electron chi connectivity index (χ0n) is 8.36. The number of alkyl halides is 3. The molecule has 0 aliphatic rings. The maximum absolute atomic E-state index is 12.5. The Bertz CT molecular complexity index is 404. The lowest BCUT2D eigenvalue weighted by atomic mass is 10.1. The average molecular weight is 268 g/mol. The van der Waals surface area contributed by atoms with Gasteiger partial charge in [0.15, 0.2) is 0 Å². The van der Waals surface area contributed by atoms with Crippen molar-refractivity contribution in [2.45, 2.75) is 12.6 Å². The lowest BCUT2D eigenvalue weighted by molar-refractivity contribution is -0.137. The van der Waals surface area contributed by atoms with Gasteiger partial charge in [-0.1, -0.05) is 17.7 Å². The van der Waals surface area contributed by atoms with E-state index in [-0.39, 0.29) is 11.4 Å². The summed E-state index contributed by atoms with van der Waals surface area (Å²) < 4.78 is 37.5. The monoisotopic (exact) mass is 267 g/mol. The van der Waals surface area contributed by atoms with Gasteiger partial charge in [-0.15, -0.1) is 11.8 Å². The van der Waals surface area contributed by atoms with Crippen LogP contribution < -0.4 is 0 Å². The molecule has 16 heavy (non-hydrogen) atoms. The minimum Gasteiger partial charge on any atom is -0.298 e. The first-order valence-corrected chi connectivity index (χ1v) is 5.92. The Kier molecular flexibility index (Phi) is 4.27. The summed E-state index contributed by atoms with van der Waals surface area (Å²) in [5, 5.41) is 7.41. The number of benzene rings is 1. The highest BCUT2D eigenvalue weighted by Gasteiger charge is 2.33. The van der Waals surface area contributed by atoms with Gasteiger partial charge in [0.2, 0.25) is 0 Å². The van der Waals surface area contributed by atoms with Crippen LogP contribution in [0.15, 0.2) is 18.2 Å². The first-order valence-electron chi connectivity index (χ1n) is 4.31. The van der Waals surface area contributed by atoms with E-state index < -0.39 is 11.7 Å². The van der Waals surface area contributed by atoms with Crippen molar-refractivity contribution in [1.82, 2.24) is 0 Å². The van der Waals surface area contributed by atoms with Gasteiger partial charge < -0.3 is 0 Å². The molecule has 0 unspecified atom stereocenters. The molecule has 0 fully saturated rings. The molecule has 0 amide bonds. The van der Waals surface area contributed by atoms with E-state index in [0.717, 1.165) is 6.07 Å². The number of hydrogen-bond acceptors (Lipinski definition) is 2. The van der Waals surface area contributed by atoms with E-state index in [0.29, 0.717) is 10.6 Å². The fourth-order valence-corrected chi connectivity index (χ4v) is 1.69. The highest BCUT2D eigenvalue weighted by atomic mass is 35.5. The number of rotatable bonds is 2. The zero-order valence-corrected chi connectivity index (χ0v) is 9.93. The van der Waals surface area contributed by atoms with Crippen LogP contribution in [0.2, 0.25) is 5.02 Å². The number of halogens is 4. The van der Waals surface area contributed by atoms with Gasteiger partial charge in [0.05, 0.1) is 15.6 Å². The van der Waals surface area contributed by atoms with Crippen molar-refractivity contribution in [2.75, 3.05) is 6.26 Å². The van der Waals surface area contributed by atoms with E-state index in [1.54, 1.807) is 6.26 Å². The SMILES string of the molecule is CSC(=N)Cc1ccc(Cl)c(C(F)(F)F)c1. The second-order valence-corrected chi connectivity index (χ2v) is 4.42. The summed E-state index contributed by atoms with van der Waals surface area (Å²) in [6.07, 6.45) is -2.54. The molecule has 0 bridgehead atoms. The first kappa shape index (κ1) is 13.4. The predicted molar refractivity (Wildman–Crippen MR) is 61.4 cm³/mol. The van der Waals surface area contributed by atoms with Gasteiger partial charge in [-0.05, 0) is 24.0 Å². The van der Waals surface area contributed by atoms with Gasteiger partial charge in [-0.2, -0.15) is 13.2 Å². The van der Waals surface area contributed by atoms with Crippen LogP contribution in [0.25, 0.3) is 0 Å². The fraction of sp³-hybridized carbons (Fsp3) is 0.300. The van der Waals surface area contributed by atoms with E-state index in [1.165, 1.54) is 23.9 Å². The Labute approximate surface area is 100 Å². The average Bonchev–Trinajstić information content (AvgIpc) is 2.19. The van der Waals surface area contributed by atoms with Crippen LogP contribution in [-0.2, 0) is 12.6 Å². The molecule has 0 spiro atoms. The van der Waals surface area contributed by atoms with E-state index in [1.807, 2.05) is 0 Å². The molecule has 0 heterocycles. The van der Waals surface area contributed by atoms with Crippen LogP contribution in [0.4, 0.5) is 13.2 Å². The van der Waals surface area contributed by atoms with Gasteiger partial charge in [0, 0.05) is 6.42 Å². The minimum absolute atomic E-state index is 0.196. The zero-order chi connectivity index (χ0) is 12.3. The second-order valence-electron chi connectivity index (χ2n) is 3.12. The lowest BCUT2D eigenvalue weighted by Crippen LogP contribution is -2.07. The summed E-state index contributed by atoms with van der Waals surface area (Å²) in [5.74, 6) is 0. The van der Waals surface area contributed by atoms with Gasteiger partial charge in [0.25, 0.3) is 0 Å². The molecule has 1 N–H and O–H groups in total. The maximum Gasteiger partial charge on any atom is 0.417 e. The molecule has 0 aliphatic carbocycles. The van der Waals surface area contributed by atoms with Crippen molar-refractivity contribution in [3.8, 4) is 0 Å². The van der Waals surface area contributed by atoms with Crippen LogP contribution in [0, 0.1) is 5.41 Å². The maximum atomic E-state index is 12.5. The van der Waals surface area contributed by atoms with Crippen molar-refractivity contribution in [2.24, 2.45) is 0 Å². The van der Waals surface area contributed by atoms with Crippen molar-refractivity contribution in [3.63, 3.8) is 0 Å². The molecule has 88 valence electrons. The molecule has 6 heteroatoms. The first-order chi connectivity index (χ1) is 7.34. The highest BCUT2D eigenvalue weighted by Crippen LogP contribution is 2.35. The topological polar surface area (TPSA) is 23.9 Å². The van der Waals surface area contributed by atoms with Gasteiger partial charge in [0.1, 0.15) is 0 Å². The molecule has 0 radical (unpaired) electrons. The molecule has 0 aliphatic heterocycles. The quantitative estimate of drug-likeness (QED) is 0.629. The standard InChI is InChI=1S/C10H9ClF3NS/c1-16-9(15)5-6-2-3-8(11)7(4-6)10(12,13)14/h2-4,15H,5H2,1H3. The smallest absolute Gasteiger partial charge is 0.298 e. The molecule has 0 saturated heterocycles. The lowest BCUT2D eigenvalue weighted by Gasteiger charge is -2.10. The molecule has 1 aromatic rings. The summed E-state index contributed by atoms with van der Waals surface area (Å²) in [7, 11) is 0. The summed E-state index contributed by atoms with van der Waals surface area (Å²) in [6.45, 7) is 0. The highest BCUT2D eigenvalue weighted by molar-refractivity contribution is 8.13. The Morgan fingerprint density at radius 1 is 1.44 bits per heavy atom. The van der Waals surface area contributed by atoms with E-state index >= 15 is 0 Å². The van der Waals surface area contributed by atoms with Crippen molar-refractivity contribution < 1.29 is 13.2 Å². The Balaban J connectivity index is 3.03. The summed E-state index contributed by atoms with van der Waals surface area (Å²) in [5.41, 5.74) is -0.406. The normalized spacial score (nSPS) is 11.6. The molecule has 0 aromatic heterocycles. The third-order valence-corrected chi connectivity index (χ3v) is 2.91. The fourth-order valence-electron chi connectivity index (χ4n) is 1.16. The van der Waals surface area contributed by atoms with Crippen molar-refractivity contribution in [3.05, 3.63) is 34.3 Å². The molecular weight excluding hydrogens is 259 g/mol.